The number of nitrogens with one attached hydrogen (secondary N) is 2. The highest BCUT2D eigenvalue weighted by molar-refractivity contribution is 6.30. The average molecular weight is 389 g/mol. The van der Waals surface area contributed by atoms with Gasteiger partial charge in [0, 0.05) is 35.9 Å². The Hall–Kier alpha value is -2.08. The second-order valence-electron chi connectivity index (χ2n) is 7.03. The summed E-state index contributed by atoms with van der Waals surface area (Å²) in [4.78, 5) is 16.1. The van der Waals surface area contributed by atoms with Crippen molar-refractivity contribution >= 4 is 23.2 Å². The topological polar surface area (TPSA) is 46.0 Å². The largest absolute Gasteiger partial charge is 0.378 e. The van der Waals surface area contributed by atoms with Gasteiger partial charge in [-0.1, -0.05) is 29.8 Å². The fourth-order valence-electron chi connectivity index (χ4n) is 3.41. The summed E-state index contributed by atoms with van der Waals surface area (Å²) in [6, 6.07) is 15.8. The van der Waals surface area contributed by atoms with Crippen LogP contribution in [0.5, 0.6) is 0 Å². The maximum Gasteiger partial charge on any atom is 0.251 e. The number of anilines is 1. The van der Waals surface area contributed by atoms with Crippen LogP contribution in [0.4, 0.5) is 5.69 Å². The van der Waals surface area contributed by atoms with Crippen molar-refractivity contribution in [3.63, 3.8) is 0 Å². The van der Waals surface area contributed by atoms with E-state index in [1.54, 1.807) is 24.3 Å². The van der Waals surface area contributed by atoms with Crippen molar-refractivity contribution in [3.8, 4) is 0 Å². The molecule has 1 amide bonds. The maximum atomic E-state index is 12.5. The summed E-state index contributed by atoms with van der Waals surface area (Å²) in [5.41, 5.74) is 2.97. The number of nitrogens with zero attached hydrogens (tertiary/aromatic N) is 1. The molecule has 1 aliphatic rings. The molecule has 6 heteroatoms. The second-order valence-corrected chi connectivity index (χ2v) is 7.47. The van der Waals surface area contributed by atoms with E-state index >= 15 is 0 Å². The fraction of sp³-hybridized carbons (Fsp3) is 0.381. The van der Waals surface area contributed by atoms with Crippen LogP contribution in [0.1, 0.15) is 22.0 Å². The van der Waals surface area contributed by atoms with Crippen molar-refractivity contribution < 1.29 is 14.4 Å². The summed E-state index contributed by atoms with van der Waals surface area (Å²) < 4.78 is 5.51. The molecule has 0 unspecified atom stereocenters. The molecule has 3 rings (SSSR count). The smallest absolute Gasteiger partial charge is 0.251 e. The van der Waals surface area contributed by atoms with E-state index in [0.717, 1.165) is 32.0 Å². The number of carbonyl (C=O) groups is 1. The van der Waals surface area contributed by atoms with Gasteiger partial charge in [-0.05, 0) is 30.3 Å². The molecule has 1 saturated heterocycles. The molecule has 0 radical (unpaired) electrons. The summed E-state index contributed by atoms with van der Waals surface area (Å²) in [7, 11) is 4.07. The number of amides is 1. The zero-order valence-electron chi connectivity index (χ0n) is 15.9. The Labute approximate surface area is 165 Å². The standard InChI is InChI=1S/C21H26ClN3O2/c1-24(2)19-8-6-16(7-9-19)20(25-10-12-27-13-11-25)15-23-21(26)17-4-3-5-18(22)14-17/h3-9,14,20H,10-13,15H2,1-2H3,(H,23,26)/p+1/t20-/m1/s1. The van der Waals surface area contributed by atoms with E-state index in [0.29, 0.717) is 17.1 Å². The molecule has 5 nitrogen and oxygen atoms in total. The normalized spacial score (nSPS) is 16.0. The molecular weight excluding hydrogens is 362 g/mol. The quantitative estimate of drug-likeness (QED) is 0.793. The highest BCUT2D eigenvalue weighted by Crippen LogP contribution is 2.17. The van der Waals surface area contributed by atoms with Crippen LogP contribution in [-0.4, -0.2) is 52.9 Å². The molecule has 1 heterocycles. The molecule has 0 aromatic heterocycles. The Balaban J connectivity index is 1.74. The molecule has 27 heavy (non-hydrogen) atoms. The van der Waals surface area contributed by atoms with Gasteiger partial charge >= 0.3 is 0 Å². The zero-order chi connectivity index (χ0) is 19.2. The maximum absolute atomic E-state index is 12.5. The first-order valence-corrected chi connectivity index (χ1v) is 9.66. The van der Waals surface area contributed by atoms with E-state index in [2.05, 4.69) is 34.5 Å². The van der Waals surface area contributed by atoms with Gasteiger partial charge in [-0.3, -0.25) is 4.79 Å². The van der Waals surface area contributed by atoms with Gasteiger partial charge in [-0.15, -0.1) is 0 Å². The SMILES string of the molecule is CN(C)c1ccc([C@@H](CNC(=O)c2cccc(Cl)c2)[NH+]2CCOCC2)cc1. The molecule has 2 N–H and O–H groups in total. The van der Waals surface area contributed by atoms with E-state index in [9.17, 15) is 4.79 Å². The molecule has 1 fully saturated rings. The molecule has 2 aromatic rings. The van der Waals surface area contributed by atoms with Crippen LogP contribution in [-0.2, 0) is 4.74 Å². The number of rotatable bonds is 6. The number of ether oxygens (including phenoxy) is 1. The number of hydrogen-bond donors (Lipinski definition) is 2. The van der Waals surface area contributed by atoms with E-state index in [1.165, 1.54) is 10.5 Å². The number of carbonyl (C=O) groups excluding carboxylic acids is 1. The first-order chi connectivity index (χ1) is 13.0. The monoisotopic (exact) mass is 388 g/mol. The van der Waals surface area contributed by atoms with Crippen molar-refractivity contribution in [2.45, 2.75) is 6.04 Å². The Morgan fingerprint density at radius 2 is 1.89 bits per heavy atom. The summed E-state index contributed by atoms with van der Waals surface area (Å²) in [5, 5.41) is 3.66. The lowest BCUT2D eigenvalue weighted by atomic mass is 10.0. The van der Waals surface area contributed by atoms with Gasteiger partial charge in [-0.25, -0.2) is 0 Å². The molecule has 2 aromatic carbocycles. The van der Waals surface area contributed by atoms with Crippen molar-refractivity contribution in [2.75, 3.05) is 51.8 Å². The minimum Gasteiger partial charge on any atom is -0.378 e. The molecule has 0 saturated carbocycles. The molecule has 1 atom stereocenters. The molecule has 0 spiro atoms. The highest BCUT2D eigenvalue weighted by atomic mass is 35.5. The molecule has 144 valence electrons. The van der Waals surface area contributed by atoms with Gasteiger partial charge in [0.15, 0.2) is 0 Å². The first kappa shape index (κ1) is 19.7. The van der Waals surface area contributed by atoms with Crippen LogP contribution in [0.25, 0.3) is 0 Å². The van der Waals surface area contributed by atoms with Crippen molar-refractivity contribution in [2.24, 2.45) is 0 Å². The number of morpholine rings is 1. The summed E-state index contributed by atoms with van der Waals surface area (Å²) in [5.74, 6) is -0.0972. The van der Waals surface area contributed by atoms with E-state index in [1.807, 2.05) is 14.1 Å². The van der Waals surface area contributed by atoms with Crippen molar-refractivity contribution in [1.29, 1.82) is 0 Å². The van der Waals surface area contributed by atoms with Crippen molar-refractivity contribution in [1.82, 2.24) is 5.32 Å². The Kier molecular flexibility index (Phi) is 6.72. The van der Waals surface area contributed by atoms with Crippen molar-refractivity contribution in [3.05, 3.63) is 64.7 Å². The number of hydrogen-bond acceptors (Lipinski definition) is 3. The number of quaternary nitrogens is 1. The molecular formula is C21H27ClN3O2+. The fourth-order valence-corrected chi connectivity index (χ4v) is 3.60. The first-order valence-electron chi connectivity index (χ1n) is 9.28. The van der Waals surface area contributed by atoms with Crippen LogP contribution >= 0.6 is 11.6 Å². The van der Waals surface area contributed by atoms with Gasteiger partial charge in [0.05, 0.1) is 19.8 Å². The lowest BCUT2D eigenvalue weighted by Crippen LogP contribution is -3.15. The molecule has 0 bridgehead atoms. The molecule has 0 aliphatic carbocycles. The third-order valence-electron chi connectivity index (χ3n) is 4.99. The van der Waals surface area contributed by atoms with Crippen LogP contribution < -0.4 is 15.1 Å². The Morgan fingerprint density at radius 1 is 1.19 bits per heavy atom. The van der Waals surface area contributed by atoms with E-state index in [-0.39, 0.29) is 11.9 Å². The Bertz CT molecular complexity index is 758. The average Bonchev–Trinajstić information content (AvgIpc) is 2.69. The number of benzene rings is 2. The van der Waals surface area contributed by atoms with Gasteiger partial charge in [0.25, 0.3) is 5.91 Å². The van der Waals surface area contributed by atoms with Gasteiger partial charge in [0.2, 0.25) is 0 Å². The van der Waals surface area contributed by atoms with Crippen LogP contribution in [0.2, 0.25) is 5.02 Å². The van der Waals surface area contributed by atoms with Gasteiger partial charge in [0.1, 0.15) is 19.1 Å². The summed E-state index contributed by atoms with van der Waals surface area (Å²) in [6.45, 7) is 3.95. The van der Waals surface area contributed by atoms with E-state index < -0.39 is 0 Å². The minimum absolute atomic E-state index is 0.0972. The lowest BCUT2D eigenvalue weighted by molar-refractivity contribution is -0.937. The minimum atomic E-state index is -0.0972. The predicted octanol–water partition coefficient (Wildman–Crippen LogP) is 1.79. The third-order valence-corrected chi connectivity index (χ3v) is 5.23. The second kappa shape index (κ2) is 9.22. The predicted molar refractivity (Wildman–Crippen MR) is 109 cm³/mol. The van der Waals surface area contributed by atoms with Gasteiger partial charge < -0.3 is 19.9 Å². The Morgan fingerprint density at radius 3 is 2.52 bits per heavy atom. The van der Waals surface area contributed by atoms with Crippen LogP contribution in [0.3, 0.4) is 0 Å². The summed E-state index contributed by atoms with van der Waals surface area (Å²) >= 11 is 6.01. The van der Waals surface area contributed by atoms with Gasteiger partial charge in [-0.2, -0.15) is 0 Å². The zero-order valence-corrected chi connectivity index (χ0v) is 16.6. The third kappa shape index (κ3) is 5.22. The van der Waals surface area contributed by atoms with Crippen LogP contribution in [0.15, 0.2) is 48.5 Å². The molecule has 1 aliphatic heterocycles. The van der Waals surface area contributed by atoms with Crippen LogP contribution in [0, 0.1) is 0 Å². The highest BCUT2D eigenvalue weighted by Gasteiger charge is 2.27. The summed E-state index contributed by atoms with van der Waals surface area (Å²) in [6.07, 6.45) is 0. The van der Waals surface area contributed by atoms with E-state index in [4.69, 9.17) is 16.3 Å². The lowest BCUT2D eigenvalue weighted by Gasteiger charge is -2.32. The number of halogens is 1.